The van der Waals surface area contributed by atoms with Gasteiger partial charge in [-0.3, -0.25) is 19.2 Å². The van der Waals surface area contributed by atoms with Gasteiger partial charge < -0.3 is 42.9 Å². The Morgan fingerprint density at radius 3 is 1.41 bits per heavy atom. The van der Waals surface area contributed by atoms with Crippen LogP contribution in [0.5, 0.6) is 0 Å². The molecule has 27 heavy (non-hydrogen) atoms. The molecule has 1 rings (SSSR count). The van der Waals surface area contributed by atoms with E-state index in [9.17, 15) is 19.2 Å². The number of rotatable bonds is 6. The van der Waals surface area contributed by atoms with E-state index >= 15 is 0 Å². The molecule has 14 heteroatoms. The zero-order valence-corrected chi connectivity index (χ0v) is 16.3. The van der Waals surface area contributed by atoms with Gasteiger partial charge in [0.2, 0.25) is 0 Å². The summed E-state index contributed by atoms with van der Waals surface area (Å²) in [5.41, 5.74) is 14.5. The topological polar surface area (TPSA) is 239 Å². The van der Waals surface area contributed by atoms with Gasteiger partial charge in [-0.2, -0.15) is 25.3 Å². The Balaban J connectivity index is -0.000000289. The molecule has 0 spiro atoms. The highest BCUT2D eigenvalue weighted by atomic mass is 32.1. The third-order valence-electron chi connectivity index (χ3n) is 2.56. The van der Waals surface area contributed by atoms with E-state index in [1.165, 1.54) is 0 Å². The number of hydrogen-bond donors (Lipinski definition) is 10. The highest BCUT2D eigenvalue weighted by Gasteiger charge is 2.20. The van der Waals surface area contributed by atoms with Crippen molar-refractivity contribution in [2.45, 2.75) is 31.0 Å². The largest absolute Gasteiger partial charge is 0.480 e. The molecule has 0 saturated carbocycles. The van der Waals surface area contributed by atoms with Gasteiger partial charge >= 0.3 is 23.9 Å². The SMILES string of the molecule is NC(CS)C(=O)O.NC(CS)C(=O)O.NCC(=O)O.O=C(O)[C@@H]1CCCN1. The number of carboxylic acids is 4. The number of carboxylic acid groups (broad SMARTS) is 4. The van der Waals surface area contributed by atoms with Crippen LogP contribution in [0.25, 0.3) is 0 Å². The fourth-order valence-corrected chi connectivity index (χ4v) is 1.36. The lowest BCUT2D eigenvalue weighted by atomic mass is 10.2. The molecule has 0 aliphatic carbocycles. The molecule has 11 N–H and O–H groups in total. The molecule has 0 bridgehead atoms. The summed E-state index contributed by atoms with van der Waals surface area (Å²) >= 11 is 7.30. The predicted molar refractivity (Wildman–Crippen MR) is 104 cm³/mol. The molecular weight excluding hydrogens is 404 g/mol. The Hall–Kier alpha value is -1.58. The first-order chi connectivity index (χ1) is 12.4. The molecule has 1 aliphatic heterocycles. The normalized spacial score (nSPS) is 16.7. The molecule has 1 saturated heterocycles. The van der Waals surface area contributed by atoms with Crippen molar-refractivity contribution in [3.8, 4) is 0 Å². The first kappa shape index (κ1) is 30.2. The second-order valence-corrected chi connectivity index (χ2v) is 5.57. The van der Waals surface area contributed by atoms with E-state index in [2.05, 4.69) is 36.3 Å². The second-order valence-electron chi connectivity index (χ2n) is 4.84. The van der Waals surface area contributed by atoms with Crippen LogP contribution in [0.4, 0.5) is 0 Å². The van der Waals surface area contributed by atoms with Crippen LogP contribution in [0.3, 0.4) is 0 Å². The number of carbonyl (C=O) groups is 4. The minimum absolute atomic E-state index is 0.190. The number of thiol groups is 2. The maximum Gasteiger partial charge on any atom is 0.321 e. The highest BCUT2D eigenvalue weighted by molar-refractivity contribution is 7.80. The van der Waals surface area contributed by atoms with Gasteiger partial charge in [0.15, 0.2) is 0 Å². The summed E-state index contributed by atoms with van der Waals surface area (Å²) in [6.45, 7) is 0.580. The van der Waals surface area contributed by atoms with E-state index in [-0.39, 0.29) is 24.1 Å². The van der Waals surface area contributed by atoms with Crippen molar-refractivity contribution < 1.29 is 39.6 Å². The molecule has 1 aliphatic rings. The summed E-state index contributed by atoms with van der Waals surface area (Å²) in [7, 11) is 0. The van der Waals surface area contributed by atoms with Crippen molar-refractivity contribution in [2.75, 3.05) is 24.6 Å². The lowest BCUT2D eigenvalue weighted by molar-refractivity contribution is -0.139. The van der Waals surface area contributed by atoms with Crippen LogP contribution in [0.15, 0.2) is 0 Å². The molecule has 3 atom stereocenters. The van der Waals surface area contributed by atoms with Crippen LogP contribution >= 0.6 is 25.3 Å². The molecule has 1 fully saturated rings. The van der Waals surface area contributed by atoms with Crippen LogP contribution in [0.1, 0.15) is 12.8 Å². The Morgan fingerprint density at radius 1 is 0.963 bits per heavy atom. The molecule has 0 aromatic rings. The molecule has 0 amide bonds. The van der Waals surface area contributed by atoms with Crippen molar-refractivity contribution in [1.82, 2.24) is 5.32 Å². The molecule has 1 heterocycles. The predicted octanol–water partition coefficient (Wildman–Crippen LogP) is -2.49. The zero-order chi connectivity index (χ0) is 22.0. The van der Waals surface area contributed by atoms with Gasteiger partial charge in [0.05, 0.1) is 6.54 Å². The van der Waals surface area contributed by atoms with Gasteiger partial charge in [0, 0.05) is 11.5 Å². The van der Waals surface area contributed by atoms with Crippen LogP contribution in [-0.2, 0) is 19.2 Å². The standard InChI is InChI=1S/C5H9NO2.2C3H7NO2S.C2H5NO2/c7-5(8)4-2-1-3-6-4;2*4-2(1-7)3(5)6;3-1-2(4)5/h4,6H,1-3H2,(H,7,8);2*2,7H,1,4H2,(H,5,6);1,3H2,(H,4,5)/t4-;;;/m0.../s1. The minimum atomic E-state index is -1.00. The van der Waals surface area contributed by atoms with Crippen molar-refractivity contribution in [1.29, 1.82) is 0 Å². The summed E-state index contributed by atoms with van der Waals surface area (Å²) in [5, 5.41) is 34.8. The van der Waals surface area contributed by atoms with E-state index in [0.29, 0.717) is 0 Å². The fourth-order valence-electron chi connectivity index (χ4n) is 1.05. The molecule has 160 valence electrons. The summed E-state index contributed by atoms with van der Waals surface area (Å²) in [4.78, 5) is 38.9. The Kier molecular flexibility index (Phi) is 21.4. The van der Waals surface area contributed by atoms with Crippen molar-refractivity contribution >= 4 is 49.1 Å². The number of hydrogen-bond acceptors (Lipinski definition) is 10. The first-order valence-corrected chi connectivity index (χ1v) is 8.77. The van der Waals surface area contributed by atoms with Gasteiger partial charge in [-0.25, -0.2) is 0 Å². The monoisotopic (exact) mass is 432 g/mol. The average Bonchev–Trinajstić information content (AvgIpc) is 3.16. The molecule has 12 nitrogen and oxygen atoms in total. The molecule has 0 aromatic heterocycles. The first-order valence-electron chi connectivity index (χ1n) is 7.50. The number of aliphatic carboxylic acids is 4. The quantitative estimate of drug-likeness (QED) is 0.196. The number of nitrogens with one attached hydrogen (secondary N) is 1. The van der Waals surface area contributed by atoms with Gasteiger partial charge in [-0.05, 0) is 19.4 Å². The van der Waals surface area contributed by atoms with E-state index in [4.69, 9.17) is 31.9 Å². The summed E-state index contributed by atoms with van der Waals surface area (Å²) in [5.74, 6) is -3.32. The van der Waals surface area contributed by atoms with Crippen molar-refractivity contribution in [3.05, 3.63) is 0 Å². The van der Waals surface area contributed by atoms with E-state index in [0.717, 1.165) is 19.4 Å². The third kappa shape index (κ3) is 22.4. The van der Waals surface area contributed by atoms with Crippen LogP contribution in [0.2, 0.25) is 0 Å². The van der Waals surface area contributed by atoms with E-state index in [1.807, 2.05) is 0 Å². The van der Waals surface area contributed by atoms with Crippen LogP contribution in [-0.4, -0.2) is 87.0 Å². The second kappa shape index (κ2) is 19.2. The van der Waals surface area contributed by atoms with Gasteiger partial charge in [0.1, 0.15) is 18.1 Å². The number of nitrogens with two attached hydrogens (primary N) is 3. The Labute approximate surface area is 167 Å². The Morgan fingerprint density at radius 2 is 1.33 bits per heavy atom. The molecular formula is C13H28N4O8S2. The third-order valence-corrected chi connectivity index (χ3v) is 3.35. The maximum absolute atomic E-state index is 10.1. The van der Waals surface area contributed by atoms with Gasteiger partial charge in [-0.15, -0.1) is 0 Å². The average molecular weight is 433 g/mol. The summed E-state index contributed by atoms with van der Waals surface area (Å²) < 4.78 is 0. The highest BCUT2D eigenvalue weighted by Crippen LogP contribution is 2.03. The lowest BCUT2D eigenvalue weighted by Gasteiger charge is -1.99. The van der Waals surface area contributed by atoms with Crippen molar-refractivity contribution in [2.24, 2.45) is 17.2 Å². The molecule has 0 radical (unpaired) electrons. The fraction of sp³-hybridized carbons (Fsp3) is 0.692. The summed E-state index contributed by atoms with van der Waals surface area (Å²) in [6, 6.07) is -1.90. The minimum Gasteiger partial charge on any atom is -0.480 e. The van der Waals surface area contributed by atoms with Crippen LogP contribution < -0.4 is 22.5 Å². The van der Waals surface area contributed by atoms with Crippen LogP contribution in [0, 0.1) is 0 Å². The Bertz CT molecular complexity index is 430. The van der Waals surface area contributed by atoms with E-state index in [1.54, 1.807) is 0 Å². The van der Waals surface area contributed by atoms with E-state index < -0.39 is 36.0 Å². The maximum atomic E-state index is 10.1. The zero-order valence-electron chi connectivity index (χ0n) is 14.5. The van der Waals surface area contributed by atoms with Gasteiger partial charge in [0.25, 0.3) is 0 Å². The molecule has 2 unspecified atom stereocenters. The summed E-state index contributed by atoms with van der Waals surface area (Å²) in [6.07, 6.45) is 1.78. The van der Waals surface area contributed by atoms with Gasteiger partial charge in [-0.1, -0.05) is 0 Å². The lowest BCUT2D eigenvalue weighted by Crippen LogP contribution is -2.31. The molecule has 0 aromatic carbocycles. The smallest absolute Gasteiger partial charge is 0.321 e. The van der Waals surface area contributed by atoms with Crippen molar-refractivity contribution in [3.63, 3.8) is 0 Å².